The number of rotatable bonds is 4. The molecule has 1 N–H and O–H groups in total. The van der Waals surface area contributed by atoms with E-state index in [1.807, 2.05) is 0 Å². The van der Waals surface area contributed by atoms with E-state index in [0.29, 0.717) is 16.9 Å². The average molecular weight is 364 g/mol. The molecule has 0 fully saturated rings. The Morgan fingerprint density at radius 2 is 1.92 bits per heavy atom. The van der Waals surface area contributed by atoms with Crippen LogP contribution in [0, 0.1) is 0 Å². The number of benzene rings is 1. The summed E-state index contributed by atoms with van der Waals surface area (Å²) in [6.45, 7) is -0.0288. The van der Waals surface area contributed by atoms with Crippen LogP contribution >= 0.6 is 0 Å². The van der Waals surface area contributed by atoms with E-state index in [4.69, 9.17) is 4.74 Å². The second kappa shape index (κ2) is 7.21. The summed E-state index contributed by atoms with van der Waals surface area (Å²) >= 11 is 0. The predicted octanol–water partition coefficient (Wildman–Crippen LogP) is 3.90. The van der Waals surface area contributed by atoms with Gasteiger partial charge < -0.3 is 9.26 Å². The summed E-state index contributed by atoms with van der Waals surface area (Å²) < 4.78 is 46.6. The van der Waals surface area contributed by atoms with E-state index >= 15 is 0 Å². The summed E-state index contributed by atoms with van der Waals surface area (Å²) in [6.07, 6.45) is -3.85. The molecule has 2 heterocycles. The van der Waals surface area contributed by atoms with Crippen molar-refractivity contribution in [2.24, 2.45) is 0 Å². The van der Waals surface area contributed by atoms with Gasteiger partial charge in [0.2, 0.25) is 5.82 Å². The molecule has 0 spiro atoms. The Bertz CT molecular complexity index is 880. The molecule has 0 aliphatic heterocycles. The van der Waals surface area contributed by atoms with Crippen LogP contribution in [-0.2, 0) is 17.5 Å². The molecule has 0 saturated heterocycles. The van der Waals surface area contributed by atoms with Crippen LogP contribution in [0.5, 0.6) is 0 Å². The Hall–Kier alpha value is -3.43. The third-order valence-electron chi connectivity index (χ3n) is 3.15. The molecule has 26 heavy (non-hydrogen) atoms. The number of anilines is 1. The van der Waals surface area contributed by atoms with Crippen LogP contribution < -0.4 is 5.32 Å². The Morgan fingerprint density at radius 3 is 2.54 bits per heavy atom. The highest BCUT2D eigenvalue weighted by atomic mass is 19.4. The Kier molecular flexibility index (Phi) is 4.83. The number of amides is 1. The zero-order valence-electron chi connectivity index (χ0n) is 13.0. The lowest BCUT2D eigenvalue weighted by Crippen LogP contribution is -2.14. The van der Waals surface area contributed by atoms with Gasteiger partial charge in [0.1, 0.15) is 12.4 Å². The van der Waals surface area contributed by atoms with Crippen molar-refractivity contribution in [3.8, 4) is 11.4 Å². The first-order valence-electron chi connectivity index (χ1n) is 7.27. The average Bonchev–Trinajstić information content (AvgIpc) is 3.12. The fraction of sp³-hybridized carbons (Fsp3) is 0.125. The number of hydrogen-bond acceptors (Lipinski definition) is 6. The number of alkyl halides is 3. The fourth-order valence-electron chi connectivity index (χ4n) is 1.93. The normalized spacial score (nSPS) is 11.2. The summed E-state index contributed by atoms with van der Waals surface area (Å²) in [6, 6.07) is 11.2. The third kappa shape index (κ3) is 4.35. The zero-order chi connectivity index (χ0) is 18.6. The number of pyridine rings is 1. The van der Waals surface area contributed by atoms with Crippen molar-refractivity contribution in [2.75, 3.05) is 5.32 Å². The first kappa shape index (κ1) is 17.4. The van der Waals surface area contributed by atoms with Gasteiger partial charge in [-0.2, -0.15) is 18.2 Å². The topological polar surface area (TPSA) is 90.1 Å². The number of carbonyl (C=O) groups excluding carboxylic acids is 1. The maximum atomic E-state index is 12.5. The van der Waals surface area contributed by atoms with Gasteiger partial charge in [-0.25, -0.2) is 9.78 Å². The maximum Gasteiger partial charge on any atom is 0.471 e. The van der Waals surface area contributed by atoms with Gasteiger partial charge in [-0.3, -0.25) is 5.32 Å². The van der Waals surface area contributed by atoms with Gasteiger partial charge in [0.05, 0.1) is 0 Å². The van der Waals surface area contributed by atoms with Crippen molar-refractivity contribution in [3.05, 3.63) is 60.1 Å². The maximum absolute atomic E-state index is 12.5. The van der Waals surface area contributed by atoms with Gasteiger partial charge in [-0.1, -0.05) is 35.5 Å². The van der Waals surface area contributed by atoms with Gasteiger partial charge in [0.25, 0.3) is 0 Å². The Morgan fingerprint density at radius 1 is 1.15 bits per heavy atom. The third-order valence-corrected chi connectivity index (χ3v) is 3.15. The van der Waals surface area contributed by atoms with Gasteiger partial charge in [0.15, 0.2) is 0 Å². The van der Waals surface area contributed by atoms with Crippen molar-refractivity contribution in [1.82, 2.24) is 15.1 Å². The molecule has 0 aliphatic carbocycles. The van der Waals surface area contributed by atoms with E-state index < -0.39 is 18.2 Å². The van der Waals surface area contributed by atoms with Crippen molar-refractivity contribution >= 4 is 11.9 Å². The SMILES string of the molecule is O=C(Nc1ccccn1)OCc1ccc(-c2noc(C(F)(F)F)n2)cc1. The summed E-state index contributed by atoms with van der Waals surface area (Å²) in [7, 11) is 0. The highest BCUT2D eigenvalue weighted by molar-refractivity contribution is 5.83. The molecule has 10 heteroatoms. The number of ether oxygens (including phenoxy) is 1. The molecule has 1 amide bonds. The predicted molar refractivity (Wildman–Crippen MR) is 82.8 cm³/mol. The van der Waals surface area contributed by atoms with Gasteiger partial charge in [-0.15, -0.1) is 0 Å². The van der Waals surface area contributed by atoms with E-state index in [2.05, 4.69) is 25.0 Å². The Balaban J connectivity index is 1.58. The molecular formula is C16H11F3N4O3. The minimum absolute atomic E-state index is 0.0288. The molecule has 0 atom stereocenters. The lowest BCUT2D eigenvalue weighted by atomic mass is 10.1. The first-order chi connectivity index (χ1) is 12.4. The molecule has 0 aliphatic rings. The summed E-state index contributed by atoms with van der Waals surface area (Å²) in [5.74, 6) is -1.24. The van der Waals surface area contributed by atoms with E-state index in [-0.39, 0.29) is 12.4 Å². The molecule has 2 aromatic heterocycles. The van der Waals surface area contributed by atoms with Crippen LogP contribution in [0.3, 0.4) is 0 Å². The molecule has 0 unspecified atom stereocenters. The fourth-order valence-corrected chi connectivity index (χ4v) is 1.93. The van der Waals surface area contributed by atoms with Gasteiger partial charge in [-0.05, 0) is 17.7 Å². The van der Waals surface area contributed by atoms with Crippen molar-refractivity contribution in [2.45, 2.75) is 12.8 Å². The lowest BCUT2D eigenvalue weighted by Gasteiger charge is -2.06. The monoisotopic (exact) mass is 364 g/mol. The standard InChI is InChI=1S/C16H11F3N4O3/c17-16(18,19)14-22-13(23-26-14)11-6-4-10(5-7-11)9-25-15(24)21-12-3-1-2-8-20-12/h1-8H,9H2,(H,20,21,24). The van der Waals surface area contributed by atoms with E-state index in [1.165, 1.54) is 18.3 Å². The quantitative estimate of drug-likeness (QED) is 0.755. The van der Waals surface area contributed by atoms with Crippen molar-refractivity contribution in [1.29, 1.82) is 0 Å². The van der Waals surface area contributed by atoms with Crippen LogP contribution in [0.25, 0.3) is 11.4 Å². The summed E-state index contributed by atoms with van der Waals surface area (Å²) in [5.41, 5.74) is 0.968. The van der Waals surface area contributed by atoms with Crippen LogP contribution in [0.2, 0.25) is 0 Å². The molecule has 134 valence electrons. The van der Waals surface area contributed by atoms with Crippen molar-refractivity contribution in [3.63, 3.8) is 0 Å². The van der Waals surface area contributed by atoms with E-state index in [1.54, 1.807) is 30.3 Å². The summed E-state index contributed by atoms with van der Waals surface area (Å²) in [5, 5.41) is 5.75. The molecule has 0 bridgehead atoms. The number of aromatic nitrogens is 3. The molecule has 3 rings (SSSR count). The number of nitrogens with one attached hydrogen (secondary N) is 1. The molecular weight excluding hydrogens is 353 g/mol. The molecule has 1 aromatic carbocycles. The lowest BCUT2D eigenvalue weighted by molar-refractivity contribution is -0.159. The van der Waals surface area contributed by atoms with Crippen LogP contribution in [0.4, 0.5) is 23.8 Å². The molecule has 7 nitrogen and oxygen atoms in total. The smallest absolute Gasteiger partial charge is 0.444 e. The van der Waals surface area contributed by atoms with Crippen molar-refractivity contribution < 1.29 is 27.2 Å². The highest BCUT2D eigenvalue weighted by Gasteiger charge is 2.38. The van der Waals surface area contributed by atoms with Crippen LogP contribution in [-0.4, -0.2) is 21.2 Å². The molecule has 0 saturated carbocycles. The van der Waals surface area contributed by atoms with E-state index in [0.717, 1.165) is 0 Å². The Labute approximate surface area is 144 Å². The van der Waals surface area contributed by atoms with Gasteiger partial charge >= 0.3 is 18.2 Å². The number of nitrogens with zero attached hydrogens (tertiary/aromatic N) is 3. The first-order valence-corrected chi connectivity index (χ1v) is 7.27. The minimum atomic E-state index is -4.69. The zero-order valence-corrected chi connectivity index (χ0v) is 13.0. The summed E-state index contributed by atoms with van der Waals surface area (Å²) in [4.78, 5) is 18.9. The minimum Gasteiger partial charge on any atom is -0.444 e. The number of hydrogen-bond donors (Lipinski definition) is 1. The highest BCUT2D eigenvalue weighted by Crippen LogP contribution is 2.29. The molecule has 3 aromatic rings. The second-order valence-electron chi connectivity index (χ2n) is 5.03. The molecule has 0 radical (unpaired) electrons. The van der Waals surface area contributed by atoms with Crippen LogP contribution in [0.15, 0.2) is 53.2 Å². The van der Waals surface area contributed by atoms with Crippen LogP contribution in [0.1, 0.15) is 11.5 Å². The number of halogens is 3. The van der Waals surface area contributed by atoms with Gasteiger partial charge in [0, 0.05) is 11.8 Å². The largest absolute Gasteiger partial charge is 0.471 e. The van der Waals surface area contributed by atoms with E-state index in [9.17, 15) is 18.0 Å². The second-order valence-corrected chi connectivity index (χ2v) is 5.03. The number of carbonyl (C=O) groups is 1.